The minimum absolute atomic E-state index is 0.0721. The number of halogens is 3. The summed E-state index contributed by atoms with van der Waals surface area (Å²) in [7, 11) is 0. The van der Waals surface area contributed by atoms with E-state index in [9.17, 15) is 18.0 Å². The fourth-order valence-electron chi connectivity index (χ4n) is 1.89. The van der Waals surface area contributed by atoms with Crippen molar-refractivity contribution < 1.29 is 18.0 Å². The van der Waals surface area contributed by atoms with Gasteiger partial charge in [-0.2, -0.15) is 13.2 Å². The van der Waals surface area contributed by atoms with Crippen LogP contribution in [0.1, 0.15) is 12.0 Å². The highest BCUT2D eigenvalue weighted by molar-refractivity contribution is 5.96. The lowest BCUT2D eigenvalue weighted by molar-refractivity contribution is -0.137. The van der Waals surface area contributed by atoms with Crippen molar-refractivity contribution in [2.24, 2.45) is 5.92 Å². The Morgan fingerprint density at radius 1 is 1.50 bits per heavy atom. The molecule has 0 saturated carbocycles. The number of carbonyl (C=O) groups excluding carboxylic acids is 1. The number of anilines is 1. The Kier molecular flexibility index (Phi) is 2.99. The second-order valence-corrected chi connectivity index (χ2v) is 3.96. The zero-order valence-corrected chi connectivity index (χ0v) is 9.24. The third kappa shape index (κ3) is 2.16. The van der Waals surface area contributed by atoms with Gasteiger partial charge in [-0.25, -0.2) is 0 Å². The molecule has 1 fully saturated rings. The quantitative estimate of drug-likeness (QED) is 0.719. The second kappa shape index (κ2) is 4.33. The van der Waals surface area contributed by atoms with E-state index in [2.05, 4.69) is 10.9 Å². The number of aromatic nitrogens is 1. The molecule has 2 heterocycles. The van der Waals surface area contributed by atoms with Crippen molar-refractivity contribution in [2.45, 2.75) is 12.6 Å². The van der Waals surface area contributed by atoms with Gasteiger partial charge in [-0.15, -0.1) is 12.3 Å². The van der Waals surface area contributed by atoms with Gasteiger partial charge in [0.2, 0.25) is 5.91 Å². The molecule has 1 aliphatic rings. The molecule has 1 amide bonds. The lowest BCUT2D eigenvalue weighted by Gasteiger charge is -2.20. The third-order valence-corrected chi connectivity index (χ3v) is 2.76. The number of alkyl halides is 3. The van der Waals surface area contributed by atoms with E-state index in [0.717, 1.165) is 23.4 Å². The molecule has 1 saturated heterocycles. The summed E-state index contributed by atoms with van der Waals surface area (Å²) in [6, 6.07) is 0.853. The van der Waals surface area contributed by atoms with Crippen LogP contribution in [0.15, 0.2) is 18.5 Å². The van der Waals surface area contributed by atoms with Crippen molar-refractivity contribution in [1.29, 1.82) is 0 Å². The van der Waals surface area contributed by atoms with E-state index in [1.54, 1.807) is 0 Å². The topological polar surface area (TPSA) is 33.2 Å². The number of nitrogens with zero attached hydrogens (tertiary/aromatic N) is 2. The molecular formula is C12H9F3N2O. The predicted molar refractivity (Wildman–Crippen MR) is 58.5 cm³/mol. The van der Waals surface area contributed by atoms with E-state index < -0.39 is 17.6 Å². The molecule has 0 aliphatic carbocycles. The number of carbonyl (C=O) groups is 1. The van der Waals surface area contributed by atoms with Crippen molar-refractivity contribution in [1.82, 2.24) is 4.98 Å². The highest BCUT2D eigenvalue weighted by Crippen LogP contribution is 2.37. The van der Waals surface area contributed by atoms with Crippen LogP contribution < -0.4 is 4.90 Å². The maximum atomic E-state index is 12.8. The summed E-state index contributed by atoms with van der Waals surface area (Å²) in [6.45, 7) is 0.101. The van der Waals surface area contributed by atoms with E-state index >= 15 is 0 Å². The first-order chi connectivity index (χ1) is 8.43. The van der Waals surface area contributed by atoms with Crippen LogP contribution in [0.2, 0.25) is 0 Å². The molecule has 2 rings (SSSR count). The molecule has 1 aliphatic heterocycles. The average Bonchev–Trinajstić information content (AvgIpc) is 2.69. The fourth-order valence-corrected chi connectivity index (χ4v) is 1.89. The van der Waals surface area contributed by atoms with Gasteiger partial charge in [0.25, 0.3) is 0 Å². The first-order valence-corrected chi connectivity index (χ1v) is 5.21. The summed E-state index contributed by atoms with van der Waals surface area (Å²) in [6.07, 6.45) is 2.83. The van der Waals surface area contributed by atoms with Crippen LogP contribution in [0.4, 0.5) is 18.9 Å². The lowest BCUT2D eigenvalue weighted by atomic mass is 10.1. The highest BCUT2D eigenvalue weighted by Gasteiger charge is 2.38. The average molecular weight is 254 g/mol. The summed E-state index contributed by atoms with van der Waals surface area (Å²) in [5.41, 5.74) is -1.10. The Bertz CT molecular complexity index is 519. The van der Waals surface area contributed by atoms with E-state index in [0.29, 0.717) is 0 Å². The minimum Gasteiger partial charge on any atom is -0.309 e. The number of hydrogen-bond acceptors (Lipinski definition) is 2. The lowest BCUT2D eigenvalue weighted by Crippen LogP contribution is -2.27. The van der Waals surface area contributed by atoms with Gasteiger partial charge in [-0.1, -0.05) is 0 Å². The van der Waals surface area contributed by atoms with Crippen molar-refractivity contribution >= 4 is 11.6 Å². The predicted octanol–water partition coefficient (Wildman–Crippen LogP) is 2.09. The SMILES string of the molecule is C#CC1CC(=O)N(c2cnccc2C(F)(F)F)C1. The summed E-state index contributed by atoms with van der Waals surface area (Å²) >= 11 is 0. The molecule has 3 nitrogen and oxygen atoms in total. The fraction of sp³-hybridized carbons (Fsp3) is 0.333. The van der Waals surface area contributed by atoms with Gasteiger partial charge in [-0.3, -0.25) is 9.78 Å². The number of pyridine rings is 1. The van der Waals surface area contributed by atoms with E-state index in [1.807, 2.05) is 0 Å². The van der Waals surface area contributed by atoms with Crippen molar-refractivity contribution in [2.75, 3.05) is 11.4 Å². The Morgan fingerprint density at radius 3 is 2.78 bits per heavy atom. The van der Waals surface area contributed by atoms with Crippen LogP contribution in [-0.4, -0.2) is 17.4 Å². The van der Waals surface area contributed by atoms with Crippen molar-refractivity contribution in [3.05, 3.63) is 24.0 Å². The molecule has 0 bridgehead atoms. The smallest absolute Gasteiger partial charge is 0.309 e. The summed E-state index contributed by atoms with van der Waals surface area (Å²) in [4.78, 5) is 16.4. The Balaban J connectivity index is 2.41. The summed E-state index contributed by atoms with van der Waals surface area (Å²) in [5, 5.41) is 0. The number of terminal acetylenes is 1. The maximum Gasteiger partial charge on any atom is 0.418 e. The molecular weight excluding hydrogens is 245 g/mol. The van der Waals surface area contributed by atoms with Crippen molar-refractivity contribution in [3.8, 4) is 12.3 Å². The zero-order chi connectivity index (χ0) is 13.3. The maximum absolute atomic E-state index is 12.8. The first-order valence-electron chi connectivity index (χ1n) is 5.21. The zero-order valence-electron chi connectivity index (χ0n) is 9.24. The van der Waals surface area contributed by atoms with E-state index in [1.165, 1.54) is 0 Å². The molecule has 18 heavy (non-hydrogen) atoms. The van der Waals surface area contributed by atoms with Crippen LogP contribution in [0, 0.1) is 18.3 Å². The molecule has 0 aromatic carbocycles. The second-order valence-electron chi connectivity index (χ2n) is 3.96. The molecule has 0 N–H and O–H groups in total. The molecule has 94 valence electrons. The molecule has 1 unspecified atom stereocenters. The standard InChI is InChI=1S/C12H9F3N2O/c1-2-8-5-11(18)17(7-8)10-6-16-4-3-9(10)12(13,14)15/h1,3-4,6,8H,5,7H2. The van der Waals surface area contributed by atoms with Crippen LogP contribution >= 0.6 is 0 Å². The van der Waals surface area contributed by atoms with Gasteiger partial charge in [0.15, 0.2) is 0 Å². The normalized spacial score (nSPS) is 20.0. The number of rotatable bonds is 1. The van der Waals surface area contributed by atoms with Crippen LogP contribution in [0.5, 0.6) is 0 Å². The minimum atomic E-state index is -4.52. The van der Waals surface area contributed by atoms with Gasteiger partial charge in [-0.05, 0) is 6.07 Å². The Labute approximate surface area is 102 Å². The third-order valence-electron chi connectivity index (χ3n) is 2.76. The Hall–Kier alpha value is -2.03. The molecule has 0 spiro atoms. The van der Waals surface area contributed by atoms with Gasteiger partial charge in [0, 0.05) is 25.1 Å². The van der Waals surface area contributed by atoms with Crippen molar-refractivity contribution in [3.63, 3.8) is 0 Å². The molecule has 1 aromatic heterocycles. The van der Waals surface area contributed by atoms with E-state index in [4.69, 9.17) is 6.42 Å². The monoisotopic (exact) mass is 254 g/mol. The first kappa shape index (κ1) is 12.4. The van der Waals surface area contributed by atoms with Crippen LogP contribution in [-0.2, 0) is 11.0 Å². The van der Waals surface area contributed by atoms with Crippen LogP contribution in [0.25, 0.3) is 0 Å². The molecule has 1 aromatic rings. The summed E-state index contributed by atoms with van der Waals surface area (Å²) < 4.78 is 38.4. The largest absolute Gasteiger partial charge is 0.418 e. The Morgan fingerprint density at radius 2 is 2.22 bits per heavy atom. The molecule has 6 heteroatoms. The van der Waals surface area contributed by atoms with E-state index in [-0.39, 0.29) is 24.6 Å². The highest BCUT2D eigenvalue weighted by atomic mass is 19.4. The van der Waals surface area contributed by atoms with Gasteiger partial charge >= 0.3 is 6.18 Å². The molecule has 0 radical (unpaired) electrons. The van der Waals surface area contributed by atoms with Gasteiger partial charge in [0.1, 0.15) is 0 Å². The van der Waals surface area contributed by atoms with Gasteiger partial charge in [0.05, 0.1) is 17.4 Å². The van der Waals surface area contributed by atoms with Gasteiger partial charge < -0.3 is 4.90 Å². The molecule has 1 atom stereocenters. The summed E-state index contributed by atoms with van der Waals surface area (Å²) in [5.74, 6) is 1.63. The van der Waals surface area contributed by atoms with Crippen LogP contribution in [0.3, 0.4) is 0 Å². The number of hydrogen-bond donors (Lipinski definition) is 0. The number of amides is 1.